The van der Waals surface area contributed by atoms with Gasteiger partial charge >= 0.3 is 0 Å². The van der Waals surface area contributed by atoms with Gasteiger partial charge in [0.05, 0.1) is 7.11 Å². The van der Waals surface area contributed by atoms with Crippen LogP contribution >= 0.6 is 0 Å². The molecule has 1 rings (SSSR count). The molecule has 0 fully saturated rings. The molecule has 0 atom stereocenters. The van der Waals surface area contributed by atoms with Crippen molar-refractivity contribution in [3.63, 3.8) is 0 Å². The van der Waals surface area contributed by atoms with Crippen molar-refractivity contribution >= 4 is 0 Å². The summed E-state index contributed by atoms with van der Waals surface area (Å²) in [5.41, 5.74) is 1.37. The van der Waals surface area contributed by atoms with Gasteiger partial charge in [0.1, 0.15) is 5.75 Å². The smallest absolute Gasteiger partial charge is 0.118 e. The van der Waals surface area contributed by atoms with Gasteiger partial charge in [0.25, 0.3) is 0 Å². The van der Waals surface area contributed by atoms with E-state index in [2.05, 4.69) is 31.3 Å². The molecule has 0 aliphatic carbocycles. The first kappa shape index (κ1) is 15.0. The van der Waals surface area contributed by atoms with Crippen LogP contribution in [0.2, 0.25) is 0 Å². The molecule has 0 aliphatic heterocycles. The lowest BCUT2D eigenvalue weighted by molar-refractivity contribution is 0.414. The highest BCUT2D eigenvalue weighted by molar-refractivity contribution is 5.27. The van der Waals surface area contributed by atoms with E-state index in [0.29, 0.717) is 6.04 Å². The molecular weight excluding hydrogens is 222 g/mol. The van der Waals surface area contributed by atoms with Crippen molar-refractivity contribution in [2.75, 3.05) is 13.7 Å². The molecular formula is C16H27NO. The van der Waals surface area contributed by atoms with Crippen LogP contribution in [0.15, 0.2) is 24.3 Å². The second-order valence-corrected chi connectivity index (χ2v) is 4.83. The first-order valence-electron chi connectivity index (χ1n) is 7.16. The number of ether oxygens (including phenoxy) is 1. The van der Waals surface area contributed by atoms with Crippen molar-refractivity contribution in [1.29, 1.82) is 0 Å². The number of hydrogen-bond donors (Lipinski definition) is 1. The SMILES string of the molecule is CCCC(CCC)NCCc1ccc(OC)cc1. The topological polar surface area (TPSA) is 21.3 Å². The van der Waals surface area contributed by atoms with E-state index in [0.717, 1.165) is 18.7 Å². The summed E-state index contributed by atoms with van der Waals surface area (Å²) < 4.78 is 5.16. The molecule has 2 nitrogen and oxygen atoms in total. The zero-order chi connectivity index (χ0) is 13.2. The van der Waals surface area contributed by atoms with E-state index in [9.17, 15) is 0 Å². The fraction of sp³-hybridized carbons (Fsp3) is 0.625. The van der Waals surface area contributed by atoms with E-state index in [1.54, 1.807) is 7.11 Å². The third-order valence-corrected chi connectivity index (χ3v) is 3.28. The maximum atomic E-state index is 5.16. The molecule has 1 aromatic carbocycles. The van der Waals surface area contributed by atoms with E-state index in [4.69, 9.17) is 4.74 Å². The number of methoxy groups -OCH3 is 1. The van der Waals surface area contributed by atoms with Crippen molar-refractivity contribution in [2.45, 2.75) is 52.0 Å². The Balaban J connectivity index is 2.30. The first-order valence-corrected chi connectivity index (χ1v) is 7.16. The largest absolute Gasteiger partial charge is 0.497 e. The van der Waals surface area contributed by atoms with Crippen LogP contribution in [-0.4, -0.2) is 19.7 Å². The number of nitrogens with one attached hydrogen (secondary N) is 1. The fourth-order valence-electron chi connectivity index (χ4n) is 2.26. The van der Waals surface area contributed by atoms with Gasteiger partial charge in [0, 0.05) is 6.04 Å². The molecule has 0 aromatic heterocycles. The quantitative estimate of drug-likeness (QED) is 0.719. The van der Waals surface area contributed by atoms with Gasteiger partial charge in [0.15, 0.2) is 0 Å². The number of benzene rings is 1. The molecule has 0 bridgehead atoms. The molecule has 0 amide bonds. The van der Waals surface area contributed by atoms with Gasteiger partial charge in [-0.15, -0.1) is 0 Å². The lowest BCUT2D eigenvalue weighted by Gasteiger charge is -2.17. The molecule has 0 saturated heterocycles. The minimum absolute atomic E-state index is 0.693. The summed E-state index contributed by atoms with van der Waals surface area (Å²) in [5, 5.41) is 3.67. The van der Waals surface area contributed by atoms with Gasteiger partial charge in [-0.3, -0.25) is 0 Å². The Labute approximate surface area is 112 Å². The van der Waals surface area contributed by atoms with Crippen LogP contribution in [0.25, 0.3) is 0 Å². The van der Waals surface area contributed by atoms with Crippen LogP contribution in [-0.2, 0) is 6.42 Å². The van der Waals surface area contributed by atoms with Gasteiger partial charge in [-0.1, -0.05) is 38.8 Å². The predicted molar refractivity (Wildman–Crippen MR) is 78.3 cm³/mol. The molecule has 1 aromatic rings. The molecule has 18 heavy (non-hydrogen) atoms. The van der Waals surface area contributed by atoms with E-state index in [-0.39, 0.29) is 0 Å². The highest BCUT2D eigenvalue weighted by atomic mass is 16.5. The van der Waals surface area contributed by atoms with Gasteiger partial charge in [-0.05, 0) is 43.5 Å². The molecule has 1 N–H and O–H groups in total. The van der Waals surface area contributed by atoms with Crippen LogP contribution in [0.1, 0.15) is 45.1 Å². The Morgan fingerprint density at radius 3 is 2.17 bits per heavy atom. The molecule has 2 heteroatoms. The molecule has 0 saturated carbocycles. The van der Waals surface area contributed by atoms with E-state index >= 15 is 0 Å². The molecule has 0 heterocycles. The lowest BCUT2D eigenvalue weighted by Crippen LogP contribution is -2.30. The molecule has 102 valence electrons. The van der Waals surface area contributed by atoms with Gasteiger partial charge in [-0.25, -0.2) is 0 Å². The predicted octanol–water partition coefficient (Wildman–Crippen LogP) is 3.80. The maximum Gasteiger partial charge on any atom is 0.118 e. The first-order chi connectivity index (χ1) is 8.80. The van der Waals surface area contributed by atoms with Gasteiger partial charge in [-0.2, -0.15) is 0 Å². The van der Waals surface area contributed by atoms with E-state index in [1.807, 2.05) is 12.1 Å². The van der Waals surface area contributed by atoms with Gasteiger partial charge in [0.2, 0.25) is 0 Å². The summed E-state index contributed by atoms with van der Waals surface area (Å²) in [6.45, 7) is 5.58. The van der Waals surface area contributed by atoms with Crippen molar-refractivity contribution in [3.05, 3.63) is 29.8 Å². The van der Waals surface area contributed by atoms with Crippen molar-refractivity contribution in [1.82, 2.24) is 5.32 Å². The van der Waals surface area contributed by atoms with Crippen LogP contribution in [0, 0.1) is 0 Å². The van der Waals surface area contributed by atoms with Crippen molar-refractivity contribution in [2.24, 2.45) is 0 Å². The molecule has 0 radical (unpaired) electrons. The van der Waals surface area contributed by atoms with Gasteiger partial charge < -0.3 is 10.1 Å². The summed E-state index contributed by atoms with van der Waals surface area (Å²) >= 11 is 0. The third-order valence-electron chi connectivity index (χ3n) is 3.28. The Morgan fingerprint density at radius 1 is 1.06 bits per heavy atom. The number of rotatable bonds is 9. The normalized spacial score (nSPS) is 10.9. The van der Waals surface area contributed by atoms with Crippen LogP contribution in [0.4, 0.5) is 0 Å². The summed E-state index contributed by atoms with van der Waals surface area (Å²) in [7, 11) is 1.71. The maximum absolute atomic E-state index is 5.16. The highest BCUT2D eigenvalue weighted by Crippen LogP contribution is 2.11. The Hall–Kier alpha value is -1.02. The Kier molecular flexibility index (Phi) is 7.51. The second kappa shape index (κ2) is 8.98. The van der Waals surface area contributed by atoms with Crippen LogP contribution in [0.3, 0.4) is 0 Å². The van der Waals surface area contributed by atoms with Crippen LogP contribution < -0.4 is 10.1 Å². The lowest BCUT2D eigenvalue weighted by atomic mass is 10.1. The van der Waals surface area contributed by atoms with Crippen molar-refractivity contribution < 1.29 is 4.74 Å². The highest BCUT2D eigenvalue weighted by Gasteiger charge is 2.05. The average Bonchev–Trinajstić information content (AvgIpc) is 2.40. The Bertz CT molecular complexity index is 301. The fourth-order valence-corrected chi connectivity index (χ4v) is 2.26. The average molecular weight is 249 g/mol. The van der Waals surface area contributed by atoms with Crippen LogP contribution in [0.5, 0.6) is 5.75 Å². The monoisotopic (exact) mass is 249 g/mol. The zero-order valence-corrected chi connectivity index (χ0v) is 12.0. The van der Waals surface area contributed by atoms with E-state index < -0.39 is 0 Å². The number of hydrogen-bond acceptors (Lipinski definition) is 2. The third kappa shape index (κ3) is 5.54. The summed E-state index contributed by atoms with van der Waals surface area (Å²) in [6, 6.07) is 9.05. The van der Waals surface area contributed by atoms with Crippen molar-refractivity contribution in [3.8, 4) is 5.75 Å². The minimum Gasteiger partial charge on any atom is -0.497 e. The zero-order valence-electron chi connectivity index (χ0n) is 12.0. The Morgan fingerprint density at radius 2 is 1.67 bits per heavy atom. The second-order valence-electron chi connectivity index (χ2n) is 4.83. The molecule has 0 spiro atoms. The standard InChI is InChI=1S/C16H27NO/c1-4-6-15(7-5-2)17-13-12-14-8-10-16(18-3)11-9-14/h8-11,15,17H,4-7,12-13H2,1-3H3. The minimum atomic E-state index is 0.693. The summed E-state index contributed by atoms with van der Waals surface area (Å²) in [6.07, 6.45) is 6.20. The molecule has 0 unspecified atom stereocenters. The van der Waals surface area contributed by atoms with E-state index in [1.165, 1.54) is 31.2 Å². The summed E-state index contributed by atoms with van der Waals surface area (Å²) in [4.78, 5) is 0. The molecule has 0 aliphatic rings. The summed E-state index contributed by atoms with van der Waals surface area (Å²) in [5.74, 6) is 0.932.